The number of benzene rings is 1. The zero-order valence-electron chi connectivity index (χ0n) is 9.94. The van der Waals surface area contributed by atoms with Crippen LogP contribution in [0.1, 0.15) is 0 Å². The van der Waals surface area contributed by atoms with Crippen LogP contribution in [0, 0.1) is 0 Å². The van der Waals surface area contributed by atoms with Crippen LogP contribution in [0.2, 0.25) is 0 Å². The van der Waals surface area contributed by atoms with Gasteiger partial charge in [0.05, 0.1) is 0 Å². The summed E-state index contributed by atoms with van der Waals surface area (Å²) in [5.41, 5.74) is 29.7. The van der Waals surface area contributed by atoms with E-state index in [1.807, 2.05) is 6.07 Å². The van der Waals surface area contributed by atoms with Gasteiger partial charge in [0.15, 0.2) is 5.75 Å². The van der Waals surface area contributed by atoms with Crippen LogP contribution in [0.4, 0.5) is 0 Å². The Morgan fingerprint density at radius 2 is 1.79 bits per heavy atom. The number of para-hydroxylation sites is 1. The molecule has 0 fully saturated rings. The SMILES string of the molecule is NN1P(N)N=P(N)(N)N(Oc2ccccc2)[P+]1(N)N. The molecule has 0 saturated carbocycles. The number of nitrogens with zero attached hydrogens (tertiary/aromatic N) is 3. The quantitative estimate of drug-likeness (QED) is 0.324. The average Bonchev–Trinajstić information content (AvgIpc) is 2.34. The predicted molar refractivity (Wildman–Crippen MR) is 79.1 cm³/mol. The largest absolute Gasteiger partial charge is 0.364 e. The minimum atomic E-state index is -3.05. The summed E-state index contributed by atoms with van der Waals surface area (Å²) >= 11 is 0. The number of hydrazine groups is 1. The fraction of sp³-hybridized carbons (Fsp3) is 0. The second-order valence-corrected chi connectivity index (χ2v) is 10.2. The Morgan fingerprint density at radius 1 is 1.21 bits per heavy atom. The molecule has 2 rings (SSSR count). The average molecular weight is 324 g/mol. The van der Waals surface area contributed by atoms with Crippen molar-refractivity contribution in [2.75, 3.05) is 0 Å². The molecule has 106 valence electrons. The number of rotatable bonds is 2. The Kier molecular flexibility index (Phi) is 4.23. The molecule has 1 aliphatic heterocycles. The van der Waals surface area contributed by atoms with Crippen molar-refractivity contribution in [1.29, 1.82) is 0 Å². The van der Waals surface area contributed by atoms with Gasteiger partial charge in [0.1, 0.15) is 4.60 Å². The predicted octanol–water partition coefficient (Wildman–Crippen LogP) is 0.116. The second-order valence-electron chi connectivity index (χ2n) is 3.79. The topological polar surface area (TPSA) is 184 Å². The van der Waals surface area contributed by atoms with Crippen molar-refractivity contribution in [3.05, 3.63) is 30.3 Å². The summed E-state index contributed by atoms with van der Waals surface area (Å²) in [6.07, 6.45) is 0. The van der Waals surface area contributed by atoms with Gasteiger partial charge in [-0.25, -0.2) is 5.84 Å². The van der Waals surface area contributed by atoms with E-state index < -0.39 is 23.7 Å². The molecule has 0 saturated heterocycles. The summed E-state index contributed by atoms with van der Waals surface area (Å²) in [5, 5.41) is 0. The summed E-state index contributed by atoms with van der Waals surface area (Å²) in [4.78, 5) is 5.58. The minimum absolute atomic E-state index is 0.481. The Labute approximate surface area is 112 Å². The van der Waals surface area contributed by atoms with Crippen molar-refractivity contribution in [3.8, 4) is 5.75 Å². The van der Waals surface area contributed by atoms with Gasteiger partial charge in [0, 0.05) is 0 Å². The van der Waals surface area contributed by atoms with Gasteiger partial charge in [-0.3, -0.25) is 16.5 Å². The van der Waals surface area contributed by atoms with Gasteiger partial charge in [-0.05, 0) is 16.7 Å². The van der Waals surface area contributed by atoms with Crippen LogP contribution >= 0.6 is 23.7 Å². The highest BCUT2D eigenvalue weighted by atomic mass is 31.3. The molecule has 0 aromatic heterocycles. The van der Waals surface area contributed by atoms with Crippen molar-refractivity contribution >= 4 is 23.7 Å². The Hall–Kier alpha value is -0.210. The van der Waals surface area contributed by atoms with E-state index in [9.17, 15) is 0 Å². The van der Waals surface area contributed by atoms with Crippen LogP contribution in [0.5, 0.6) is 5.75 Å². The molecule has 10 nitrogen and oxygen atoms in total. The first-order valence-corrected chi connectivity index (χ1v) is 10.0. The molecule has 1 aromatic rings. The van der Waals surface area contributed by atoms with Crippen LogP contribution in [-0.2, 0) is 0 Å². The van der Waals surface area contributed by atoms with Gasteiger partial charge in [0.25, 0.3) is 0 Å². The second kappa shape index (κ2) is 5.29. The number of nitrogens with two attached hydrogens (primary N) is 6. The lowest BCUT2D eigenvalue weighted by Gasteiger charge is -2.39. The third kappa shape index (κ3) is 2.95. The molecule has 12 N–H and O–H groups in total. The Bertz CT molecular complexity index is 504. The first-order chi connectivity index (χ1) is 8.75. The van der Waals surface area contributed by atoms with Crippen molar-refractivity contribution in [3.63, 3.8) is 0 Å². The summed E-state index contributed by atoms with van der Waals surface area (Å²) in [5.74, 6) is 6.23. The normalized spacial score (nSPS) is 26.7. The van der Waals surface area contributed by atoms with Crippen LogP contribution in [-0.4, -0.2) is 9.15 Å². The molecular weight excluding hydrogens is 307 g/mol. The van der Waals surface area contributed by atoms with E-state index in [0.29, 0.717) is 5.75 Å². The van der Waals surface area contributed by atoms with Crippen LogP contribution in [0.3, 0.4) is 0 Å². The van der Waals surface area contributed by atoms with E-state index in [0.717, 1.165) is 9.15 Å². The molecule has 0 amide bonds. The molecule has 13 heteroatoms. The van der Waals surface area contributed by atoms with E-state index >= 15 is 0 Å². The van der Waals surface area contributed by atoms with E-state index in [1.54, 1.807) is 24.3 Å². The summed E-state index contributed by atoms with van der Waals surface area (Å²) in [6, 6.07) is 8.82. The maximum atomic E-state index is 6.01. The Balaban J connectivity index is 2.38. The molecule has 1 aliphatic rings. The third-order valence-corrected chi connectivity index (χ3v) is 9.60. The minimum Gasteiger partial charge on any atom is -0.363 e. The van der Waals surface area contributed by atoms with Gasteiger partial charge in [-0.15, -0.1) is 0 Å². The van der Waals surface area contributed by atoms with Crippen molar-refractivity contribution in [1.82, 2.24) is 9.15 Å². The lowest BCUT2D eigenvalue weighted by atomic mass is 10.3. The molecule has 1 heterocycles. The first kappa shape index (κ1) is 15.2. The fourth-order valence-corrected chi connectivity index (χ4v) is 8.09. The van der Waals surface area contributed by atoms with Crippen molar-refractivity contribution < 1.29 is 4.84 Å². The van der Waals surface area contributed by atoms with Crippen LogP contribution in [0.15, 0.2) is 34.8 Å². The van der Waals surface area contributed by atoms with E-state index in [1.165, 1.54) is 0 Å². The van der Waals surface area contributed by atoms with Crippen molar-refractivity contribution in [2.24, 2.45) is 37.9 Å². The van der Waals surface area contributed by atoms with Crippen molar-refractivity contribution in [2.45, 2.75) is 0 Å². The zero-order chi connectivity index (χ0) is 14.3. The highest BCUT2D eigenvalue weighted by Gasteiger charge is 2.58. The maximum absolute atomic E-state index is 6.01. The molecule has 0 spiro atoms. The first-order valence-electron chi connectivity index (χ1n) is 5.05. The lowest BCUT2D eigenvalue weighted by Crippen LogP contribution is -2.50. The summed E-state index contributed by atoms with van der Waals surface area (Å²) < 4.78 is 6.25. The summed E-state index contributed by atoms with van der Waals surface area (Å²) in [6.45, 7) is 0. The molecular formula is C6H17N9OP3+. The fourth-order valence-electron chi connectivity index (χ4n) is 1.38. The molecule has 1 unspecified atom stereocenters. The monoisotopic (exact) mass is 324 g/mol. The van der Waals surface area contributed by atoms with Gasteiger partial charge >= 0.3 is 7.87 Å². The maximum Gasteiger partial charge on any atom is 0.364 e. The molecule has 0 bridgehead atoms. The van der Waals surface area contributed by atoms with E-state index in [2.05, 4.69) is 4.52 Å². The van der Waals surface area contributed by atoms with E-state index in [4.69, 9.17) is 38.2 Å². The standard InChI is InChI=1S/C6H17N9OP3/c7-14-17(8)13-18(9,10)15(19(14,11)12)16-6-4-2-1-3-5-6/h1-5H,7-12H2/q+1. The van der Waals surface area contributed by atoms with Gasteiger partial charge in [-0.1, -0.05) is 18.2 Å². The van der Waals surface area contributed by atoms with Gasteiger partial charge in [-0.2, -0.15) is 15.5 Å². The zero-order valence-corrected chi connectivity index (χ0v) is 12.6. The summed E-state index contributed by atoms with van der Waals surface area (Å²) in [7, 11) is -7.68. The van der Waals surface area contributed by atoms with Gasteiger partial charge < -0.3 is 4.84 Å². The Morgan fingerprint density at radius 3 is 2.37 bits per heavy atom. The lowest BCUT2D eigenvalue weighted by molar-refractivity contribution is 0.126. The van der Waals surface area contributed by atoms with E-state index in [-0.39, 0.29) is 0 Å². The highest BCUT2D eigenvalue weighted by Crippen LogP contribution is 2.71. The number of hydrogen-bond acceptors (Lipinski definition) is 10. The molecule has 0 aliphatic carbocycles. The smallest absolute Gasteiger partial charge is 0.363 e. The van der Waals surface area contributed by atoms with Crippen LogP contribution < -0.4 is 38.2 Å². The highest BCUT2D eigenvalue weighted by molar-refractivity contribution is 7.87. The molecule has 1 atom stereocenters. The van der Waals surface area contributed by atoms with Crippen LogP contribution in [0.25, 0.3) is 0 Å². The van der Waals surface area contributed by atoms with Gasteiger partial charge in [0.2, 0.25) is 15.9 Å². The molecule has 1 aromatic carbocycles. The third-order valence-electron chi connectivity index (χ3n) is 2.25. The molecule has 19 heavy (non-hydrogen) atoms. The molecule has 0 radical (unpaired) electrons. The number of hydrogen-bond donors (Lipinski definition) is 6.